The molecule has 1 aromatic heterocycles. The van der Waals surface area contributed by atoms with Gasteiger partial charge in [-0.15, -0.1) is 0 Å². The quantitative estimate of drug-likeness (QED) is 0.848. The summed E-state index contributed by atoms with van der Waals surface area (Å²) in [6.45, 7) is 4.09. The Bertz CT molecular complexity index is 742. The van der Waals surface area contributed by atoms with Crippen LogP contribution in [-0.2, 0) is 10.2 Å². The predicted octanol–water partition coefficient (Wildman–Crippen LogP) is 3.00. The number of halogens is 1. The molecule has 5 nitrogen and oxygen atoms in total. The molecule has 0 radical (unpaired) electrons. The van der Waals surface area contributed by atoms with Crippen LogP contribution >= 0.6 is 11.6 Å². The molecule has 1 amide bonds. The molecule has 2 aromatic rings. The average molecular weight is 303 g/mol. The molecule has 1 aliphatic heterocycles. The van der Waals surface area contributed by atoms with Gasteiger partial charge in [0.15, 0.2) is 0 Å². The number of nitrogens with one attached hydrogen (secondary N) is 1. The van der Waals surface area contributed by atoms with Gasteiger partial charge >= 0.3 is 0 Å². The van der Waals surface area contributed by atoms with Gasteiger partial charge in [-0.05, 0) is 17.7 Å². The largest absolute Gasteiger partial charge is 0.368 e. The number of benzene rings is 1. The van der Waals surface area contributed by atoms with Crippen LogP contribution in [0.4, 0.5) is 11.6 Å². The number of hydrogen-bond acceptors (Lipinski definition) is 4. The van der Waals surface area contributed by atoms with Gasteiger partial charge < -0.3 is 11.1 Å². The van der Waals surface area contributed by atoms with E-state index in [1.807, 2.05) is 32.0 Å². The van der Waals surface area contributed by atoms with Crippen LogP contribution in [0, 0.1) is 0 Å². The summed E-state index contributed by atoms with van der Waals surface area (Å²) in [5, 5.41) is 3.34. The van der Waals surface area contributed by atoms with Gasteiger partial charge in [0.2, 0.25) is 11.9 Å². The minimum Gasteiger partial charge on any atom is -0.368 e. The molecule has 2 heterocycles. The van der Waals surface area contributed by atoms with Gasteiger partial charge in [-0.1, -0.05) is 31.5 Å². The molecule has 108 valence electrons. The molecular weight excluding hydrogens is 288 g/mol. The maximum Gasteiger partial charge on any atom is 0.225 e. The minimum absolute atomic E-state index is 0.0320. The number of nitrogens with two attached hydrogens (primary N) is 1. The standard InChI is InChI=1S/C15H15ClN4O/c1-15(2)6-12(21)19-11-4-3-8(5-9(11)15)13-10(16)7-18-14(17)20-13/h3-5,7H,6H2,1-2H3,(H,19,21)(H2,17,18,20). The van der Waals surface area contributed by atoms with Crippen molar-refractivity contribution in [1.82, 2.24) is 9.97 Å². The van der Waals surface area contributed by atoms with Gasteiger partial charge in [0, 0.05) is 23.1 Å². The molecule has 1 aromatic carbocycles. The first-order valence-electron chi connectivity index (χ1n) is 6.59. The zero-order chi connectivity index (χ0) is 15.2. The van der Waals surface area contributed by atoms with E-state index in [1.165, 1.54) is 6.20 Å². The van der Waals surface area contributed by atoms with Crippen LogP contribution in [0.1, 0.15) is 25.8 Å². The highest BCUT2D eigenvalue weighted by Crippen LogP contribution is 2.39. The Morgan fingerprint density at radius 1 is 1.38 bits per heavy atom. The third-order valence-electron chi connectivity index (χ3n) is 3.66. The van der Waals surface area contributed by atoms with E-state index < -0.39 is 0 Å². The Morgan fingerprint density at radius 2 is 2.14 bits per heavy atom. The molecule has 21 heavy (non-hydrogen) atoms. The first-order valence-corrected chi connectivity index (χ1v) is 6.97. The number of rotatable bonds is 1. The van der Waals surface area contributed by atoms with Crippen molar-refractivity contribution in [3.05, 3.63) is 35.0 Å². The van der Waals surface area contributed by atoms with Gasteiger partial charge in [0.1, 0.15) is 0 Å². The highest BCUT2D eigenvalue weighted by atomic mass is 35.5. The van der Waals surface area contributed by atoms with E-state index in [0.29, 0.717) is 17.1 Å². The fourth-order valence-corrected chi connectivity index (χ4v) is 2.83. The minimum atomic E-state index is -0.237. The summed E-state index contributed by atoms with van der Waals surface area (Å²) in [4.78, 5) is 19.8. The van der Waals surface area contributed by atoms with Crippen molar-refractivity contribution in [2.75, 3.05) is 11.1 Å². The van der Waals surface area contributed by atoms with Crippen molar-refractivity contribution in [1.29, 1.82) is 0 Å². The lowest BCUT2D eigenvalue weighted by Gasteiger charge is -2.32. The topological polar surface area (TPSA) is 80.9 Å². The molecule has 0 bridgehead atoms. The lowest BCUT2D eigenvalue weighted by Crippen LogP contribution is -2.32. The molecule has 0 spiro atoms. The van der Waals surface area contributed by atoms with E-state index in [-0.39, 0.29) is 17.3 Å². The van der Waals surface area contributed by atoms with E-state index in [2.05, 4.69) is 15.3 Å². The predicted molar refractivity (Wildman–Crippen MR) is 83.2 cm³/mol. The number of nitrogens with zero attached hydrogens (tertiary/aromatic N) is 2. The molecule has 1 aliphatic rings. The normalized spacial score (nSPS) is 16.2. The smallest absolute Gasteiger partial charge is 0.225 e. The molecule has 3 N–H and O–H groups in total. The van der Waals surface area contributed by atoms with E-state index in [1.54, 1.807) is 0 Å². The Labute approximate surface area is 127 Å². The number of anilines is 2. The Hall–Kier alpha value is -2.14. The maximum absolute atomic E-state index is 11.7. The van der Waals surface area contributed by atoms with Crippen molar-refractivity contribution in [2.45, 2.75) is 25.7 Å². The van der Waals surface area contributed by atoms with Crippen molar-refractivity contribution >= 4 is 29.1 Å². The number of carbonyl (C=O) groups excluding carboxylic acids is 1. The molecule has 0 unspecified atom stereocenters. The SMILES string of the molecule is CC1(C)CC(=O)Nc2ccc(-c3nc(N)ncc3Cl)cc21. The number of carbonyl (C=O) groups is 1. The van der Waals surface area contributed by atoms with Gasteiger partial charge in [-0.25, -0.2) is 9.97 Å². The molecule has 0 atom stereocenters. The molecule has 0 saturated heterocycles. The molecule has 0 aliphatic carbocycles. The monoisotopic (exact) mass is 302 g/mol. The highest BCUT2D eigenvalue weighted by molar-refractivity contribution is 6.32. The fraction of sp³-hybridized carbons (Fsp3) is 0.267. The van der Waals surface area contributed by atoms with Crippen LogP contribution in [-0.4, -0.2) is 15.9 Å². The molecule has 0 fully saturated rings. The average Bonchev–Trinajstić information content (AvgIpc) is 2.40. The fourth-order valence-electron chi connectivity index (χ4n) is 2.63. The second kappa shape index (κ2) is 4.70. The number of fused-ring (bicyclic) bond motifs is 1. The van der Waals surface area contributed by atoms with Gasteiger partial charge in [-0.3, -0.25) is 4.79 Å². The lowest BCUT2D eigenvalue weighted by molar-refractivity contribution is -0.117. The van der Waals surface area contributed by atoms with Crippen LogP contribution in [0.3, 0.4) is 0 Å². The number of hydrogen-bond donors (Lipinski definition) is 2. The summed E-state index contributed by atoms with van der Waals surface area (Å²) in [6.07, 6.45) is 1.94. The van der Waals surface area contributed by atoms with Crippen molar-refractivity contribution in [2.24, 2.45) is 0 Å². The summed E-state index contributed by atoms with van der Waals surface area (Å²) in [6, 6.07) is 5.74. The van der Waals surface area contributed by atoms with Crippen LogP contribution in [0.5, 0.6) is 0 Å². The summed E-state index contributed by atoms with van der Waals surface area (Å²) in [7, 11) is 0. The van der Waals surface area contributed by atoms with E-state index in [9.17, 15) is 4.79 Å². The second-order valence-corrected chi connectivity index (χ2v) is 6.20. The van der Waals surface area contributed by atoms with Gasteiger partial charge in [0.05, 0.1) is 16.9 Å². The second-order valence-electron chi connectivity index (χ2n) is 5.79. The zero-order valence-corrected chi connectivity index (χ0v) is 12.5. The van der Waals surface area contributed by atoms with Gasteiger partial charge in [-0.2, -0.15) is 0 Å². The number of aromatic nitrogens is 2. The van der Waals surface area contributed by atoms with Crippen LogP contribution in [0.25, 0.3) is 11.3 Å². The van der Waals surface area contributed by atoms with Crippen LogP contribution in [0.2, 0.25) is 5.02 Å². The first kappa shape index (κ1) is 13.8. The molecule has 3 rings (SSSR count). The first-order chi connectivity index (χ1) is 9.87. The van der Waals surface area contributed by atoms with E-state index in [0.717, 1.165) is 16.8 Å². The molecule has 6 heteroatoms. The Balaban J connectivity index is 2.15. The third kappa shape index (κ3) is 2.45. The van der Waals surface area contributed by atoms with Crippen molar-refractivity contribution in [3.63, 3.8) is 0 Å². The molecular formula is C15H15ClN4O. The zero-order valence-electron chi connectivity index (χ0n) is 11.8. The van der Waals surface area contributed by atoms with Gasteiger partial charge in [0.25, 0.3) is 0 Å². The van der Waals surface area contributed by atoms with Crippen LogP contribution in [0.15, 0.2) is 24.4 Å². The lowest BCUT2D eigenvalue weighted by atomic mass is 9.77. The summed E-state index contributed by atoms with van der Waals surface area (Å²) in [5.41, 5.74) is 8.75. The maximum atomic E-state index is 11.7. The highest BCUT2D eigenvalue weighted by Gasteiger charge is 2.32. The van der Waals surface area contributed by atoms with Crippen molar-refractivity contribution in [3.8, 4) is 11.3 Å². The summed E-state index contributed by atoms with van der Waals surface area (Å²) >= 11 is 6.16. The number of amides is 1. The third-order valence-corrected chi connectivity index (χ3v) is 3.94. The summed E-state index contributed by atoms with van der Waals surface area (Å²) < 4.78 is 0. The Morgan fingerprint density at radius 3 is 2.90 bits per heavy atom. The summed E-state index contributed by atoms with van der Waals surface area (Å²) in [5.74, 6) is 0.212. The van der Waals surface area contributed by atoms with Crippen LogP contribution < -0.4 is 11.1 Å². The van der Waals surface area contributed by atoms with Crippen molar-refractivity contribution < 1.29 is 4.79 Å². The van der Waals surface area contributed by atoms with E-state index in [4.69, 9.17) is 17.3 Å². The Kier molecular flexibility index (Phi) is 3.10. The molecule has 0 saturated carbocycles. The van der Waals surface area contributed by atoms with E-state index >= 15 is 0 Å². The number of nitrogen functional groups attached to an aromatic ring is 1.